The van der Waals surface area contributed by atoms with Gasteiger partial charge in [-0.2, -0.15) is 0 Å². The number of allylic oxidation sites excluding steroid dienone is 1. The SMILES string of the molecule is CC(C)(C)c1ccc(OC2=COC3CC(OCC(=O)NC4CCCCC4)CCC3C2=O)cc1. The molecule has 2 saturated carbocycles. The van der Waals surface area contributed by atoms with Gasteiger partial charge in [-0.3, -0.25) is 9.59 Å². The minimum absolute atomic E-state index is 0.0142. The topological polar surface area (TPSA) is 73.9 Å². The second-order valence-electron chi connectivity index (χ2n) is 10.7. The van der Waals surface area contributed by atoms with Crippen molar-refractivity contribution < 1.29 is 23.8 Å². The van der Waals surface area contributed by atoms with Crippen LogP contribution >= 0.6 is 0 Å². The molecule has 3 aliphatic rings. The Morgan fingerprint density at radius 1 is 1.06 bits per heavy atom. The van der Waals surface area contributed by atoms with E-state index in [0.29, 0.717) is 18.6 Å². The fourth-order valence-electron chi connectivity index (χ4n) is 5.02. The van der Waals surface area contributed by atoms with E-state index < -0.39 is 0 Å². The van der Waals surface area contributed by atoms with Gasteiger partial charge in [0.05, 0.1) is 12.0 Å². The molecular weight excluding hydrogens is 418 g/mol. The van der Waals surface area contributed by atoms with Crippen molar-refractivity contribution in [1.82, 2.24) is 5.32 Å². The standard InChI is InChI=1S/C27H37NO5/c1-27(2,3)18-9-11-20(12-10-18)33-24-16-32-23-15-21(13-14-22(23)26(24)30)31-17-25(29)28-19-7-5-4-6-8-19/h9-12,16,19,21-23H,4-8,13-15,17H2,1-3H3,(H,28,29). The normalized spacial score (nSPS) is 26.1. The molecule has 2 aliphatic carbocycles. The van der Waals surface area contributed by atoms with E-state index in [9.17, 15) is 9.59 Å². The van der Waals surface area contributed by atoms with Crippen LogP contribution in [-0.4, -0.2) is 36.5 Å². The van der Waals surface area contributed by atoms with Crippen molar-refractivity contribution in [3.63, 3.8) is 0 Å². The van der Waals surface area contributed by atoms with Gasteiger partial charge in [-0.15, -0.1) is 0 Å². The molecule has 1 N–H and O–H groups in total. The van der Waals surface area contributed by atoms with Crippen LogP contribution in [-0.2, 0) is 24.5 Å². The van der Waals surface area contributed by atoms with Crippen LogP contribution in [0, 0.1) is 5.92 Å². The van der Waals surface area contributed by atoms with Gasteiger partial charge in [0.25, 0.3) is 0 Å². The fourth-order valence-corrected chi connectivity index (χ4v) is 5.02. The van der Waals surface area contributed by atoms with Crippen LogP contribution in [0.2, 0.25) is 0 Å². The molecule has 4 rings (SSSR count). The molecule has 3 unspecified atom stereocenters. The number of fused-ring (bicyclic) bond motifs is 1. The second kappa shape index (κ2) is 10.3. The highest BCUT2D eigenvalue weighted by Gasteiger charge is 2.41. The Kier molecular flexibility index (Phi) is 7.42. The molecular formula is C27H37NO5. The third kappa shape index (κ3) is 6.17. The van der Waals surface area contributed by atoms with Crippen LogP contribution < -0.4 is 10.1 Å². The summed E-state index contributed by atoms with van der Waals surface area (Å²) in [5.41, 5.74) is 1.27. The van der Waals surface area contributed by atoms with Crippen LogP contribution in [0.25, 0.3) is 0 Å². The van der Waals surface area contributed by atoms with Crippen LogP contribution in [0.4, 0.5) is 0 Å². The predicted octanol–water partition coefficient (Wildman–Crippen LogP) is 4.81. The molecule has 0 spiro atoms. The zero-order valence-corrected chi connectivity index (χ0v) is 20.1. The largest absolute Gasteiger partial charge is 0.493 e. The van der Waals surface area contributed by atoms with Crippen molar-refractivity contribution in [3.8, 4) is 5.75 Å². The maximum atomic E-state index is 13.0. The van der Waals surface area contributed by atoms with Crippen LogP contribution in [0.1, 0.15) is 77.7 Å². The summed E-state index contributed by atoms with van der Waals surface area (Å²) in [6, 6.07) is 8.13. The van der Waals surface area contributed by atoms with Crippen molar-refractivity contribution in [1.29, 1.82) is 0 Å². The molecule has 1 heterocycles. The number of nitrogens with one attached hydrogen (secondary N) is 1. The molecule has 1 amide bonds. The minimum Gasteiger partial charge on any atom is -0.493 e. The average Bonchev–Trinajstić information content (AvgIpc) is 2.80. The number of benzene rings is 1. The summed E-state index contributed by atoms with van der Waals surface area (Å²) in [5, 5.41) is 3.09. The summed E-state index contributed by atoms with van der Waals surface area (Å²) >= 11 is 0. The Morgan fingerprint density at radius 2 is 1.79 bits per heavy atom. The van der Waals surface area contributed by atoms with E-state index in [1.54, 1.807) is 0 Å². The smallest absolute Gasteiger partial charge is 0.246 e. The minimum atomic E-state index is -0.228. The van der Waals surface area contributed by atoms with Crippen molar-refractivity contribution >= 4 is 11.7 Å². The van der Waals surface area contributed by atoms with Crippen molar-refractivity contribution in [2.45, 2.75) is 95.8 Å². The highest BCUT2D eigenvalue weighted by molar-refractivity contribution is 5.96. The van der Waals surface area contributed by atoms with Gasteiger partial charge in [-0.1, -0.05) is 52.2 Å². The molecule has 0 aromatic heterocycles. The number of Topliss-reactive ketones (excluding diaryl/α,β-unsaturated/α-hetero) is 1. The lowest BCUT2D eigenvalue weighted by Gasteiger charge is -2.37. The van der Waals surface area contributed by atoms with E-state index in [-0.39, 0.29) is 53.6 Å². The predicted molar refractivity (Wildman–Crippen MR) is 126 cm³/mol. The van der Waals surface area contributed by atoms with Crippen molar-refractivity contribution in [2.24, 2.45) is 5.92 Å². The Balaban J connectivity index is 1.26. The fraction of sp³-hybridized carbons (Fsp3) is 0.630. The highest BCUT2D eigenvalue weighted by atomic mass is 16.5. The lowest BCUT2D eigenvalue weighted by molar-refractivity contribution is -0.138. The van der Waals surface area contributed by atoms with Crippen LogP contribution in [0.15, 0.2) is 36.3 Å². The molecule has 180 valence electrons. The van der Waals surface area contributed by atoms with E-state index in [1.807, 2.05) is 24.3 Å². The number of hydrogen-bond donors (Lipinski definition) is 1. The molecule has 0 bridgehead atoms. The third-order valence-electron chi connectivity index (χ3n) is 7.04. The van der Waals surface area contributed by atoms with E-state index in [2.05, 4.69) is 26.1 Å². The van der Waals surface area contributed by atoms with Gasteiger partial charge in [0.2, 0.25) is 17.4 Å². The summed E-state index contributed by atoms with van der Waals surface area (Å²) in [6.07, 6.45) is 8.91. The average molecular weight is 456 g/mol. The first-order chi connectivity index (χ1) is 15.8. The van der Waals surface area contributed by atoms with Crippen LogP contribution in [0.5, 0.6) is 5.75 Å². The van der Waals surface area contributed by atoms with Gasteiger partial charge in [0.15, 0.2) is 0 Å². The van der Waals surface area contributed by atoms with E-state index in [1.165, 1.54) is 31.1 Å². The molecule has 1 aromatic rings. The zero-order chi connectivity index (χ0) is 23.4. The number of hydrogen-bond acceptors (Lipinski definition) is 5. The number of amides is 1. The maximum absolute atomic E-state index is 13.0. The first-order valence-corrected chi connectivity index (χ1v) is 12.4. The Bertz CT molecular complexity index is 863. The summed E-state index contributed by atoms with van der Waals surface area (Å²) in [5.74, 6) is 0.601. The van der Waals surface area contributed by atoms with Gasteiger partial charge in [0, 0.05) is 12.5 Å². The molecule has 1 aliphatic heterocycles. The molecule has 3 atom stereocenters. The quantitative estimate of drug-likeness (QED) is 0.667. The highest BCUT2D eigenvalue weighted by Crippen LogP contribution is 2.35. The molecule has 1 aromatic carbocycles. The van der Waals surface area contributed by atoms with Crippen molar-refractivity contribution in [3.05, 3.63) is 41.9 Å². The van der Waals surface area contributed by atoms with Crippen LogP contribution in [0.3, 0.4) is 0 Å². The Morgan fingerprint density at radius 3 is 2.48 bits per heavy atom. The molecule has 6 heteroatoms. The summed E-state index contributed by atoms with van der Waals surface area (Å²) < 4.78 is 17.6. The summed E-state index contributed by atoms with van der Waals surface area (Å²) in [6.45, 7) is 6.55. The first kappa shape index (κ1) is 23.8. The van der Waals surface area contributed by atoms with Gasteiger partial charge < -0.3 is 19.5 Å². The van der Waals surface area contributed by atoms with E-state index in [0.717, 1.165) is 19.3 Å². The number of ketones is 1. The molecule has 33 heavy (non-hydrogen) atoms. The molecule has 6 nitrogen and oxygen atoms in total. The molecule has 2 fully saturated rings. The number of carbonyl (C=O) groups excluding carboxylic acids is 2. The lowest BCUT2D eigenvalue weighted by atomic mass is 9.80. The molecule has 0 saturated heterocycles. The van der Waals surface area contributed by atoms with Gasteiger partial charge in [0.1, 0.15) is 24.7 Å². The first-order valence-electron chi connectivity index (χ1n) is 12.4. The monoisotopic (exact) mass is 455 g/mol. The number of carbonyl (C=O) groups is 2. The van der Waals surface area contributed by atoms with E-state index in [4.69, 9.17) is 14.2 Å². The number of ether oxygens (including phenoxy) is 3. The molecule has 0 radical (unpaired) electrons. The third-order valence-corrected chi connectivity index (χ3v) is 7.04. The summed E-state index contributed by atoms with van der Waals surface area (Å²) in [4.78, 5) is 25.2. The van der Waals surface area contributed by atoms with Gasteiger partial charge >= 0.3 is 0 Å². The maximum Gasteiger partial charge on any atom is 0.246 e. The van der Waals surface area contributed by atoms with Crippen molar-refractivity contribution in [2.75, 3.05) is 6.61 Å². The zero-order valence-electron chi connectivity index (χ0n) is 20.1. The lowest BCUT2D eigenvalue weighted by Crippen LogP contribution is -2.44. The summed E-state index contributed by atoms with van der Waals surface area (Å²) in [7, 11) is 0. The van der Waals surface area contributed by atoms with Gasteiger partial charge in [-0.05, 0) is 48.8 Å². The second-order valence-corrected chi connectivity index (χ2v) is 10.7. The van der Waals surface area contributed by atoms with E-state index >= 15 is 0 Å². The Labute approximate surface area is 197 Å². The van der Waals surface area contributed by atoms with Gasteiger partial charge in [-0.25, -0.2) is 0 Å². The Hall–Kier alpha value is -2.34. The number of rotatable bonds is 6.